The first-order valence-corrected chi connectivity index (χ1v) is 12.4. The molecule has 0 spiro atoms. The van der Waals surface area contributed by atoms with Crippen molar-refractivity contribution in [2.24, 2.45) is 5.92 Å². The van der Waals surface area contributed by atoms with E-state index in [9.17, 15) is 24.3 Å². The van der Waals surface area contributed by atoms with Crippen molar-refractivity contribution < 1.29 is 38.9 Å². The molecule has 0 bridgehead atoms. The average molecular weight is 498 g/mol. The number of nitrogens with zero attached hydrogens (tertiary/aromatic N) is 1. The molecule has 1 amide bonds. The van der Waals surface area contributed by atoms with E-state index in [0.29, 0.717) is 0 Å². The highest BCUT2D eigenvalue weighted by atomic mass is 16.6. The summed E-state index contributed by atoms with van der Waals surface area (Å²) in [5.74, 6) is -3.97. The van der Waals surface area contributed by atoms with Crippen LogP contribution in [0.2, 0.25) is 0 Å². The highest BCUT2D eigenvalue weighted by Gasteiger charge is 2.24. The molecule has 2 atom stereocenters. The van der Waals surface area contributed by atoms with E-state index in [2.05, 4.69) is 13.5 Å². The Morgan fingerprint density at radius 2 is 1.54 bits per heavy atom. The topological polar surface area (TPSA) is 130 Å². The third-order valence-corrected chi connectivity index (χ3v) is 5.26. The van der Waals surface area contributed by atoms with Crippen LogP contribution in [-0.4, -0.2) is 71.8 Å². The van der Waals surface area contributed by atoms with Crippen LogP contribution < -0.4 is 0 Å². The fourth-order valence-corrected chi connectivity index (χ4v) is 3.15. The molecule has 2 unspecified atom stereocenters. The second-order valence-corrected chi connectivity index (χ2v) is 8.81. The van der Waals surface area contributed by atoms with Crippen molar-refractivity contribution in [3.63, 3.8) is 0 Å². The number of likely N-dealkylation sites (N-methyl/N-ethyl adjacent to an activating group) is 1. The number of aliphatic carboxylic acids is 1. The number of aliphatic hydroxyl groups excluding tert-OH is 1. The van der Waals surface area contributed by atoms with Crippen molar-refractivity contribution in [1.82, 2.24) is 4.90 Å². The molecule has 9 heteroatoms. The summed E-state index contributed by atoms with van der Waals surface area (Å²) in [4.78, 5) is 48.2. The number of hydrogen-bond donors (Lipinski definition) is 2. The van der Waals surface area contributed by atoms with Gasteiger partial charge in [-0.3, -0.25) is 14.4 Å². The molecule has 0 rings (SSSR count). The van der Waals surface area contributed by atoms with E-state index in [1.807, 2.05) is 6.08 Å². The van der Waals surface area contributed by atoms with Gasteiger partial charge in [0, 0.05) is 19.0 Å². The first kappa shape index (κ1) is 32.3. The molecule has 0 fully saturated rings. The number of carboxylic acids is 1. The van der Waals surface area contributed by atoms with Crippen molar-refractivity contribution in [2.75, 3.05) is 26.8 Å². The third kappa shape index (κ3) is 17.4. The smallest absolute Gasteiger partial charge is 0.333 e. The minimum absolute atomic E-state index is 0.180. The van der Waals surface area contributed by atoms with E-state index in [1.165, 1.54) is 46.1 Å². The highest BCUT2D eigenvalue weighted by Crippen LogP contribution is 2.14. The van der Waals surface area contributed by atoms with E-state index in [-0.39, 0.29) is 18.6 Å². The van der Waals surface area contributed by atoms with Gasteiger partial charge in [-0.05, 0) is 19.8 Å². The van der Waals surface area contributed by atoms with Gasteiger partial charge in [-0.1, -0.05) is 70.6 Å². The predicted molar refractivity (Wildman–Crippen MR) is 132 cm³/mol. The van der Waals surface area contributed by atoms with Crippen LogP contribution >= 0.6 is 0 Å². The summed E-state index contributed by atoms with van der Waals surface area (Å²) in [7, 11) is 1.35. The normalized spacial score (nSPS) is 12.7. The number of ether oxygens (including phenoxy) is 2. The third-order valence-electron chi connectivity index (χ3n) is 5.26. The monoisotopic (exact) mass is 497 g/mol. The van der Waals surface area contributed by atoms with Gasteiger partial charge in [-0.2, -0.15) is 0 Å². The molecule has 9 nitrogen and oxygen atoms in total. The summed E-state index contributed by atoms with van der Waals surface area (Å²) in [5, 5.41) is 18.8. The van der Waals surface area contributed by atoms with E-state index >= 15 is 0 Å². The Bertz CT molecular complexity index is 703. The number of aliphatic hydroxyl groups is 1. The van der Waals surface area contributed by atoms with Crippen LogP contribution in [0.5, 0.6) is 0 Å². The van der Waals surface area contributed by atoms with Gasteiger partial charge in [0.2, 0.25) is 5.91 Å². The zero-order chi connectivity index (χ0) is 26.6. The van der Waals surface area contributed by atoms with Crippen LogP contribution in [0.4, 0.5) is 0 Å². The molecule has 0 radical (unpaired) electrons. The van der Waals surface area contributed by atoms with Gasteiger partial charge in [-0.25, -0.2) is 4.79 Å². The SMILES string of the molecule is C=C(C)C(=O)OCC(O)COC(=O)C(/C=C/CCCCCCCCCC)CC(=O)N(C)CC(=O)O. The average Bonchev–Trinajstić information content (AvgIpc) is 2.80. The fourth-order valence-electron chi connectivity index (χ4n) is 3.15. The summed E-state index contributed by atoms with van der Waals surface area (Å²) < 4.78 is 9.94. The molecule has 0 saturated carbocycles. The zero-order valence-corrected chi connectivity index (χ0v) is 21.5. The molecular formula is C26H43NO8. The van der Waals surface area contributed by atoms with Gasteiger partial charge in [0.25, 0.3) is 0 Å². The Labute approximate surface area is 209 Å². The molecule has 0 aromatic carbocycles. The number of esters is 2. The first-order valence-electron chi connectivity index (χ1n) is 12.4. The maximum Gasteiger partial charge on any atom is 0.333 e. The van der Waals surface area contributed by atoms with Gasteiger partial charge in [0.05, 0.1) is 5.92 Å². The standard InChI is InChI=1S/C26H43NO8/c1-5-6-7-8-9-10-11-12-13-14-15-21(16-23(29)27(4)17-24(30)31)26(33)35-19-22(28)18-34-25(32)20(2)3/h14-15,21-22,28H,2,5-13,16-19H2,1,3-4H3,(H,30,31)/b15-14+. The number of carbonyl (C=O) groups excluding carboxylic acids is 3. The van der Waals surface area contributed by atoms with Crippen LogP contribution in [0, 0.1) is 5.92 Å². The van der Waals surface area contributed by atoms with Crippen LogP contribution in [0.25, 0.3) is 0 Å². The highest BCUT2D eigenvalue weighted by molar-refractivity contribution is 5.87. The molecular weight excluding hydrogens is 454 g/mol. The van der Waals surface area contributed by atoms with Crippen LogP contribution in [-0.2, 0) is 28.7 Å². The molecule has 0 aromatic heterocycles. The summed E-state index contributed by atoms with van der Waals surface area (Å²) in [6, 6.07) is 0. The summed E-state index contributed by atoms with van der Waals surface area (Å²) in [6.45, 7) is 5.84. The second-order valence-electron chi connectivity index (χ2n) is 8.81. The van der Waals surface area contributed by atoms with Crippen LogP contribution in [0.3, 0.4) is 0 Å². The Hall–Kier alpha value is -2.68. The van der Waals surface area contributed by atoms with Crippen molar-refractivity contribution in [2.45, 2.75) is 84.2 Å². The van der Waals surface area contributed by atoms with E-state index in [1.54, 1.807) is 6.08 Å². The molecule has 0 aliphatic heterocycles. The summed E-state index contributed by atoms with van der Waals surface area (Å²) >= 11 is 0. The number of carbonyl (C=O) groups is 4. The quantitative estimate of drug-likeness (QED) is 0.113. The Balaban J connectivity index is 4.72. The second kappa shape index (κ2) is 19.6. The summed E-state index contributed by atoms with van der Waals surface area (Å²) in [6.07, 6.45) is 12.2. The lowest BCUT2D eigenvalue weighted by Gasteiger charge is -2.19. The number of allylic oxidation sites excluding steroid dienone is 1. The first-order chi connectivity index (χ1) is 16.6. The van der Waals surface area contributed by atoms with Crippen LogP contribution in [0.15, 0.2) is 24.3 Å². The molecule has 0 saturated heterocycles. The Kier molecular flexibility index (Phi) is 18.1. The Morgan fingerprint density at radius 3 is 2.11 bits per heavy atom. The Morgan fingerprint density at radius 1 is 0.971 bits per heavy atom. The van der Waals surface area contributed by atoms with Gasteiger partial charge < -0.3 is 24.6 Å². The molecule has 35 heavy (non-hydrogen) atoms. The van der Waals surface area contributed by atoms with Gasteiger partial charge >= 0.3 is 17.9 Å². The van der Waals surface area contributed by atoms with Crippen LogP contribution in [0.1, 0.15) is 78.1 Å². The van der Waals surface area contributed by atoms with Gasteiger partial charge in [-0.15, -0.1) is 0 Å². The number of rotatable bonds is 20. The summed E-state index contributed by atoms with van der Waals surface area (Å²) in [5.41, 5.74) is 0.180. The zero-order valence-electron chi connectivity index (χ0n) is 21.5. The molecule has 200 valence electrons. The lowest BCUT2D eigenvalue weighted by Crippen LogP contribution is -2.35. The maximum absolute atomic E-state index is 12.6. The number of carboxylic acid groups (broad SMARTS) is 1. The van der Waals surface area contributed by atoms with Crippen molar-refractivity contribution in [3.05, 3.63) is 24.3 Å². The van der Waals surface area contributed by atoms with Crippen molar-refractivity contribution in [3.8, 4) is 0 Å². The lowest BCUT2D eigenvalue weighted by atomic mass is 10.0. The maximum atomic E-state index is 12.6. The fraction of sp³-hybridized carbons (Fsp3) is 0.692. The minimum Gasteiger partial charge on any atom is -0.480 e. The number of amides is 1. The number of unbranched alkanes of at least 4 members (excludes halogenated alkanes) is 8. The minimum atomic E-state index is -1.23. The molecule has 0 heterocycles. The lowest BCUT2D eigenvalue weighted by molar-refractivity contribution is -0.154. The van der Waals surface area contributed by atoms with Crippen molar-refractivity contribution >= 4 is 23.8 Å². The van der Waals surface area contributed by atoms with E-state index < -0.39 is 49.0 Å². The van der Waals surface area contributed by atoms with Gasteiger partial charge in [0.15, 0.2) is 0 Å². The molecule has 0 aliphatic carbocycles. The largest absolute Gasteiger partial charge is 0.480 e. The number of hydrogen-bond acceptors (Lipinski definition) is 7. The molecule has 2 N–H and O–H groups in total. The molecule has 0 aromatic rings. The van der Waals surface area contributed by atoms with E-state index in [4.69, 9.17) is 14.6 Å². The van der Waals surface area contributed by atoms with Crippen molar-refractivity contribution in [1.29, 1.82) is 0 Å². The van der Waals surface area contributed by atoms with E-state index in [0.717, 1.165) is 30.6 Å². The molecule has 0 aliphatic rings. The van der Waals surface area contributed by atoms with Gasteiger partial charge in [0.1, 0.15) is 25.9 Å². The predicted octanol–water partition coefficient (Wildman–Crippen LogP) is 3.65.